The van der Waals surface area contributed by atoms with Gasteiger partial charge in [-0.25, -0.2) is 0 Å². The Morgan fingerprint density at radius 3 is 2.81 bits per heavy atom. The molecule has 1 amide bonds. The lowest BCUT2D eigenvalue weighted by Crippen LogP contribution is -2.40. The highest BCUT2D eigenvalue weighted by Crippen LogP contribution is 2.10. The second-order valence-electron chi connectivity index (χ2n) is 4.27. The molecule has 16 heavy (non-hydrogen) atoms. The van der Waals surface area contributed by atoms with Crippen LogP contribution in [0.2, 0.25) is 0 Å². The maximum absolute atomic E-state index is 11.7. The molecule has 1 rings (SSSR count). The van der Waals surface area contributed by atoms with Crippen molar-refractivity contribution in [1.29, 1.82) is 0 Å². The van der Waals surface area contributed by atoms with E-state index in [-0.39, 0.29) is 17.9 Å². The second-order valence-corrected chi connectivity index (χ2v) is 4.27. The van der Waals surface area contributed by atoms with E-state index in [1.165, 1.54) is 7.11 Å². The summed E-state index contributed by atoms with van der Waals surface area (Å²) in [6.07, 6.45) is 1.29. The van der Waals surface area contributed by atoms with Gasteiger partial charge in [-0.1, -0.05) is 0 Å². The summed E-state index contributed by atoms with van der Waals surface area (Å²) in [4.78, 5) is 26.6. The van der Waals surface area contributed by atoms with E-state index in [1.54, 1.807) is 4.90 Å². The first-order chi connectivity index (χ1) is 7.54. The zero-order chi connectivity index (χ0) is 12.1. The summed E-state index contributed by atoms with van der Waals surface area (Å²) in [5, 5.41) is 0. The Hall–Kier alpha value is -1.10. The lowest BCUT2D eigenvalue weighted by atomic mass is 10.2. The predicted molar refractivity (Wildman–Crippen MR) is 59.9 cm³/mol. The van der Waals surface area contributed by atoms with Crippen molar-refractivity contribution in [3.63, 3.8) is 0 Å². The number of carbonyl (C=O) groups is 2. The third-order valence-corrected chi connectivity index (χ3v) is 3.02. The molecule has 0 aromatic carbocycles. The molecule has 0 saturated carbocycles. The molecule has 92 valence electrons. The number of methoxy groups -OCH3 is 1. The van der Waals surface area contributed by atoms with E-state index < -0.39 is 0 Å². The molecule has 1 heterocycles. The maximum Gasteiger partial charge on any atom is 0.307 e. The van der Waals surface area contributed by atoms with Gasteiger partial charge in [0.05, 0.1) is 20.1 Å². The number of hydrogen-bond donors (Lipinski definition) is 0. The molecule has 0 aromatic rings. The van der Waals surface area contributed by atoms with E-state index >= 15 is 0 Å². The number of esters is 1. The van der Waals surface area contributed by atoms with Gasteiger partial charge in [0.1, 0.15) is 0 Å². The number of carbonyl (C=O) groups excluding carboxylic acids is 2. The Kier molecular flexibility index (Phi) is 4.73. The Balaban J connectivity index is 2.52. The van der Waals surface area contributed by atoms with Crippen LogP contribution < -0.4 is 0 Å². The molecule has 1 saturated heterocycles. The minimum absolute atomic E-state index is 0.0582. The highest BCUT2D eigenvalue weighted by atomic mass is 16.5. The first kappa shape index (κ1) is 13.0. The van der Waals surface area contributed by atoms with Gasteiger partial charge in [-0.15, -0.1) is 0 Å². The van der Waals surface area contributed by atoms with Gasteiger partial charge in [-0.3, -0.25) is 14.5 Å². The summed E-state index contributed by atoms with van der Waals surface area (Å²) < 4.78 is 4.63. The summed E-state index contributed by atoms with van der Waals surface area (Å²) in [6, 6.07) is 0.0582. The third kappa shape index (κ3) is 3.48. The van der Waals surface area contributed by atoms with Crippen molar-refractivity contribution in [2.75, 3.05) is 33.8 Å². The Morgan fingerprint density at radius 1 is 1.50 bits per heavy atom. The summed E-state index contributed by atoms with van der Waals surface area (Å²) in [6.45, 7) is 4.00. The molecule has 1 aliphatic heterocycles. The van der Waals surface area contributed by atoms with Gasteiger partial charge in [-0.2, -0.15) is 0 Å². The largest absolute Gasteiger partial charge is 0.469 e. The molecule has 0 radical (unpaired) electrons. The topological polar surface area (TPSA) is 49.9 Å². The molecule has 1 fully saturated rings. The van der Waals surface area contributed by atoms with E-state index in [2.05, 4.69) is 4.74 Å². The standard InChI is InChI=1S/C11H20N2O3/c1-9(7-11(15)16-3)13-6-4-5-12(2)10(14)8-13/h9H,4-8H2,1-3H3. The highest BCUT2D eigenvalue weighted by molar-refractivity contribution is 5.78. The molecule has 0 aromatic heterocycles. The normalized spacial score (nSPS) is 20.4. The Bertz CT molecular complexity index is 268. The van der Waals surface area contributed by atoms with Crippen LogP contribution in [0.25, 0.3) is 0 Å². The van der Waals surface area contributed by atoms with Crippen LogP contribution in [0.5, 0.6) is 0 Å². The molecule has 0 bridgehead atoms. The number of nitrogens with zero attached hydrogens (tertiary/aromatic N) is 2. The van der Waals surface area contributed by atoms with E-state index in [0.29, 0.717) is 13.0 Å². The van der Waals surface area contributed by atoms with Crippen LogP contribution in [0.1, 0.15) is 19.8 Å². The Morgan fingerprint density at radius 2 is 2.19 bits per heavy atom. The van der Waals surface area contributed by atoms with Crippen molar-refractivity contribution >= 4 is 11.9 Å². The fourth-order valence-corrected chi connectivity index (χ4v) is 1.84. The van der Waals surface area contributed by atoms with E-state index in [4.69, 9.17) is 0 Å². The van der Waals surface area contributed by atoms with Crippen LogP contribution in [-0.4, -0.2) is 61.5 Å². The summed E-state index contributed by atoms with van der Waals surface area (Å²) in [5.74, 6) is -0.105. The SMILES string of the molecule is COC(=O)CC(C)N1CCCN(C)C(=O)C1. The van der Waals surface area contributed by atoms with Crippen LogP contribution >= 0.6 is 0 Å². The predicted octanol–water partition coefficient (Wildman–Crippen LogP) is 0.102. The lowest BCUT2D eigenvalue weighted by Gasteiger charge is -2.25. The highest BCUT2D eigenvalue weighted by Gasteiger charge is 2.24. The smallest absolute Gasteiger partial charge is 0.307 e. The van der Waals surface area contributed by atoms with Crippen LogP contribution in [0.4, 0.5) is 0 Å². The van der Waals surface area contributed by atoms with Crippen molar-refractivity contribution in [2.24, 2.45) is 0 Å². The average Bonchev–Trinajstić information content (AvgIpc) is 2.41. The molecule has 1 aliphatic rings. The maximum atomic E-state index is 11.7. The summed E-state index contributed by atoms with van der Waals surface area (Å²) >= 11 is 0. The van der Waals surface area contributed by atoms with Gasteiger partial charge in [0.25, 0.3) is 0 Å². The van der Waals surface area contributed by atoms with Crippen LogP contribution in [0.15, 0.2) is 0 Å². The molecule has 1 unspecified atom stereocenters. The fraction of sp³-hybridized carbons (Fsp3) is 0.818. The first-order valence-electron chi connectivity index (χ1n) is 5.59. The van der Waals surface area contributed by atoms with Crippen molar-refractivity contribution in [3.8, 4) is 0 Å². The number of ether oxygens (including phenoxy) is 1. The summed E-state index contributed by atoms with van der Waals surface area (Å²) in [5.41, 5.74) is 0. The molecule has 0 aliphatic carbocycles. The van der Waals surface area contributed by atoms with Crippen LogP contribution in [-0.2, 0) is 14.3 Å². The van der Waals surface area contributed by atoms with Gasteiger partial charge in [0, 0.05) is 26.2 Å². The van der Waals surface area contributed by atoms with Crippen molar-refractivity contribution in [3.05, 3.63) is 0 Å². The lowest BCUT2D eigenvalue weighted by molar-refractivity contribution is -0.142. The molecule has 1 atom stereocenters. The monoisotopic (exact) mass is 228 g/mol. The third-order valence-electron chi connectivity index (χ3n) is 3.02. The minimum Gasteiger partial charge on any atom is -0.469 e. The number of amides is 1. The molecular formula is C11H20N2O3. The molecule has 0 N–H and O–H groups in total. The van der Waals surface area contributed by atoms with Gasteiger partial charge >= 0.3 is 5.97 Å². The molecular weight excluding hydrogens is 208 g/mol. The number of hydrogen-bond acceptors (Lipinski definition) is 4. The number of rotatable bonds is 3. The van der Waals surface area contributed by atoms with Crippen LogP contribution in [0, 0.1) is 0 Å². The summed E-state index contributed by atoms with van der Waals surface area (Å²) in [7, 11) is 3.20. The van der Waals surface area contributed by atoms with E-state index in [9.17, 15) is 9.59 Å². The van der Waals surface area contributed by atoms with Gasteiger partial charge in [-0.05, 0) is 13.3 Å². The second kappa shape index (κ2) is 5.84. The van der Waals surface area contributed by atoms with Gasteiger partial charge in [0.15, 0.2) is 0 Å². The van der Waals surface area contributed by atoms with Crippen molar-refractivity contribution in [1.82, 2.24) is 9.80 Å². The quantitative estimate of drug-likeness (QED) is 0.643. The average molecular weight is 228 g/mol. The van der Waals surface area contributed by atoms with Crippen LogP contribution in [0.3, 0.4) is 0 Å². The minimum atomic E-state index is -0.224. The zero-order valence-corrected chi connectivity index (χ0v) is 10.2. The fourth-order valence-electron chi connectivity index (χ4n) is 1.84. The van der Waals surface area contributed by atoms with Crippen molar-refractivity contribution < 1.29 is 14.3 Å². The zero-order valence-electron chi connectivity index (χ0n) is 10.2. The van der Waals surface area contributed by atoms with E-state index in [1.807, 2.05) is 18.9 Å². The van der Waals surface area contributed by atoms with Crippen molar-refractivity contribution in [2.45, 2.75) is 25.8 Å². The molecule has 0 spiro atoms. The van der Waals surface area contributed by atoms with Gasteiger partial charge < -0.3 is 9.64 Å². The van der Waals surface area contributed by atoms with E-state index in [0.717, 1.165) is 19.5 Å². The van der Waals surface area contributed by atoms with Gasteiger partial charge in [0.2, 0.25) is 5.91 Å². The first-order valence-corrected chi connectivity index (χ1v) is 5.59. The molecule has 5 nitrogen and oxygen atoms in total. The molecule has 5 heteroatoms. The Labute approximate surface area is 96.3 Å². The number of likely N-dealkylation sites (N-methyl/N-ethyl adjacent to an activating group) is 1.